The fraction of sp³-hybridized carbons (Fsp3) is 0.800. The molecule has 1 aliphatic heterocycles. The lowest BCUT2D eigenvalue weighted by molar-refractivity contribution is 0.0698. The molecule has 1 aromatic rings. The minimum Gasteiger partial charge on any atom is -0.407 e. The second-order valence-electron chi connectivity index (χ2n) is 4.00. The molecular weight excluding hydrogens is 230 g/mol. The average Bonchev–Trinajstić information content (AvgIpc) is 2.76. The number of rotatable bonds is 4. The van der Waals surface area contributed by atoms with Gasteiger partial charge in [0.05, 0.1) is 0 Å². The number of hydrogen-bond acceptors (Lipinski definition) is 5. The summed E-state index contributed by atoms with van der Waals surface area (Å²) < 4.78 is 10.6. The Balaban J connectivity index is 1.79. The van der Waals surface area contributed by atoms with E-state index >= 15 is 0 Å². The highest BCUT2D eigenvalue weighted by Gasteiger charge is 2.15. The average molecular weight is 246 g/mol. The molecule has 0 aromatic carbocycles. The van der Waals surface area contributed by atoms with Crippen molar-refractivity contribution in [1.29, 1.82) is 0 Å². The van der Waals surface area contributed by atoms with E-state index in [9.17, 15) is 0 Å². The molecular formula is C10H16ClN3O2. The van der Waals surface area contributed by atoms with Crippen LogP contribution in [0.5, 0.6) is 0 Å². The van der Waals surface area contributed by atoms with E-state index in [1.807, 2.05) is 0 Å². The third kappa shape index (κ3) is 3.09. The first-order valence-corrected chi connectivity index (χ1v) is 5.98. The van der Waals surface area contributed by atoms with E-state index in [2.05, 4.69) is 15.5 Å². The molecule has 0 spiro atoms. The smallest absolute Gasteiger partial charge is 0.315 e. The standard InChI is InChI=1S/C10H16ClN3O2/c1-7(11)9-13-14-10(16-9)12-6-8-2-4-15-5-3-8/h7-8H,2-6H2,1H3,(H,12,14). The molecule has 90 valence electrons. The molecule has 5 nitrogen and oxygen atoms in total. The van der Waals surface area contributed by atoms with Crippen molar-refractivity contribution in [2.75, 3.05) is 25.1 Å². The predicted octanol–water partition coefficient (Wildman–Crippen LogP) is 2.21. The van der Waals surface area contributed by atoms with E-state index in [1.165, 1.54) is 0 Å². The fourth-order valence-corrected chi connectivity index (χ4v) is 1.74. The predicted molar refractivity (Wildman–Crippen MR) is 60.6 cm³/mol. The summed E-state index contributed by atoms with van der Waals surface area (Å²) in [7, 11) is 0. The highest BCUT2D eigenvalue weighted by atomic mass is 35.5. The summed E-state index contributed by atoms with van der Waals surface area (Å²) in [4.78, 5) is 0. The van der Waals surface area contributed by atoms with E-state index in [1.54, 1.807) is 6.92 Å². The van der Waals surface area contributed by atoms with Gasteiger partial charge in [-0.2, -0.15) is 0 Å². The molecule has 1 unspecified atom stereocenters. The second-order valence-corrected chi connectivity index (χ2v) is 4.65. The molecule has 1 saturated heterocycles. The zero-order valence-electron chi connectivity index (χ0n) is 9.28. The minimum absolute atomic E-state index is 0.244. The van der Waals surface area contributed by atoms with Gasteiger partial charge in [0.2, 0.25) is 5.89 Å². The number of alkyl halides is 1. The number of aromatic nitrogens is 2. The Morgan fingerprint density at radius 2 is 2.19 bits per heavy atom. The molecule has 0 saturated carbocycles. The van der Waals surface area contributed by atoms with Gasteiger partial charge in [0.1, 0.15) is 5.38 Å². The van der Waals surface area contributed by atoms with Crippen LogP contribution in [0.1, 0.15) is 31.0 Å². The van der Waals surface area contributed by atoms with Gasteiger partial charge in [0, 0.05) is 19.8 Å². The maximum Gasteiger partial charge on any atom is 0.315 e. The molecule has 6 heteroatoms. The summed E-state index contributed by atoms with van der Waals surface area (Å²) in [5.74, 6) is 1.08. The Labute approximate surface area is 99.5 Å². The first kappa shape index (κ1) is 11.7. The summed E-state index contributed by atoms with van der Waals surface area (Å²) in [5, 5.41) is 10.6. The van der Waals surface area contributed by atoms with Crippen molar-refractivity contribution >= 4 is 17.6 Å². The highest BCUT2D eigenvalue weighted by Crippen LogP contribution is 2.20. The molecule has 2 heterocycles. The number of nitrogens with one attached hydrogen (secondary N) is 1. The zero-order chi connectivity index (χ0) is 11.4. The van der Waals surface area contributed by atoms with Crippen molar-refractivity contribution in [3.63, 3.8) is 0 Å². The van der Waals surface area contributed by atoms with Crippen molar-refractivity contribution in [2.45, 2.75) is 25.1 Å². The Kier molecular flexibility index (Phi) is 4.01. The Morgan fingerprint density at radius 1 is 1.44 bits per heavy atom. The zero-order valence-corrected chi connectivity index (χ0v) is 10.0. The lowest BCUT2D eigenvalue weighted by Gasteiger charge is -2.21. The normalized spacial score (nSPS) is 19.6. The van der Waals surface area contributed by atoms with Gasteiger partial charge < -0.3 is 14.5 Å². The molecule has 1 atom stereocenters. The lowest BCUT2D eigenvalue weighted by atomic mass is 10.0. The Morgan fingerprint density at radius 3 is 2.81 bits per heavy atom. The quantitative estimate of drug-likeness (QED) is 0.825. The maximum absolute atomic E-state index is 5.82. The third-order valence-corrected chi connectivity index (χ3v) is 2.85. The van der Waals surface area contributed by atoms with Crippen LogP contribution >= 0.6 is 11.6 Å². The van der Waals surface area contributed by atoms with Crippen LogP contribution in [0.3, 0.4) is 0 Å². The molecule has 1 aromatic heterocycles. The van der Waals surface area contributed by atoms with Crippen molar-refractivity contribution < 1.29 is 9.15 Å². The molecule has 0 amide bonds. The molecule has 1 fully saturated rings. The van der Waals surface area contributed by atoms with Crippen LogP contribution < -0.4 is 5.32 Å². The SMILES string of the molecule is CC(Cl)c1nnc(NCC2CCOCC2)o1. The molecule has 16 heavy (non-hydrogen) atoms. The lowest BCUT2D eigenvalue weighted by Crippen LogP contribution is -2.22. The van der Waals surface area contributed by atoms with E-state index < -0.39 is 0 Å². The van der Waals surface area contributed by atoms with Crippen molar-refractivity contribution in [3.8, 4) is 0 Å². The van der Waals surface area contributed by atoms with Crippen LogP contribution in [0.4, 0.5) is 6.01 Å². The van der Waals surface area contributed by atoms with Crippen LogP contribution in [0.25, 0.3) is 0 Å². The van der Waals surface area contributed by atoms with Crippen LogP contribution in [0.2, 0.25) is 0 Å². The molecule has 0 bridgehead atoms. The summed E-state index contributed by atoms with van der Waals surface area (Å²) in [5.41, 5.74) is 0. The van der Waals surface area contributed by atoms with Gasteiger partial charge in [-0.3, -0.25) is 0 Å². The number of anilines is 1. The first-order chi connectivity index (χ1) is 7.75. The van der Waals surface area contributed by atoms with Gasteiger partial charge >= 0.3 is 6.01 Å². The van der Waals surface area contributed by atoms with Gasteiger partial charge in [-0.25, -0.2) is 0 Å². The summed E-state index contributed by atoms with van der Waals surface area (Å²) in [6.07, 6.45) is 2.17. The molecule has 0 radical (unpaired) electrons. The maximum atomic E-state index is 5.82. The van der Waals surface area contributed by atoms with Crippen molar-refractivity contribution in [2.24, 2.45) is 5.92 Å². The number of ether oxygens (including phenoxy) is 1. The molecule has 1 aliphatic rings. The number of halogens is 1. The summed E-state index contributed by atoms with van der Waals surface area (Å²) in [6.45, 7) is 4.35. The van der Waals surface area contributed by atoms with Crippen LogP contribution in [-0.2, 0) is 4.74 Å². The Hall–Kier alpha value is -0.810. The molecule has 0 aliphatic carbocycles. The van der Waals surface area contributed by atoms with E-state index in [4.69, 9.17) is 20.8 Å². The number of hydrogen-bond donors (Lipinski definition) is 1. The van der Waals surface area contributed by atoms with Gasteiger partial charge in [0.25, 0.3) is 0 Å². The monoisotopic (exact) mass is 245 g/mol. The third-order valence-electron chi connectivity index (χ3n) is 2.66. The van der Waals surface area contributed by atoms with E-state index in [0.717, 1.165) is 32.6 Å². The van der Waals surface area contributed by atoms with Gasteiger partial charge in [-0.1, -0.05) is 5.10 Å². The number of nitrogens with zero attached hydrogens (tertiary/aromatic N) is 2. The van der Waals surface area contributed by atoms with Gasteiger partial charge in [0.15, 0.2) is 0 Å². The van der Waals surface area contributed by atoms with Gasteiger partial charge in [-0.05, 0) is 25.7 Å². The van der Waals surface area contributed by atoms with Crippen LogP contribution in [0.15, 0.2) is 4.42 Å². The first-order valence-electron chi connectivity index (χ1n) is 5.55. The van der Waals surface area contributed by atoms with Crippen LogP contribution in [0, 0.1) is 5.92 Å². The summed E-state index contributed by atoms with van der Waals surface area (Å²) in [6, 6.07) is 0.453. The molecule has 1 N–H and O–H groups in total. The van der Waals surface area contributed by atoms with E-state index in [-0.39, 0.29) is 5.38 Å². The highest BCUT2D eigenvalue weighted by molar-refractivity contribution is 6.20. The summed E-state index contributed by atoms with van der Waals surface area (Å²) >= 11 is 5.82. The largest absolute Gasteiger partial charge is 0.407 e. The topological polar surface area (TPSA) is 60.2 Å². The van der Waals surface area contributed by atoms with Crippen molar-refractivity contribution in [3.05, 3.63) is 5.89 Å². The second kappa shape index (κ2) is 5.50. The Bertz CT molecular complexity index is 324. The van der Waals surface area contributed by atoms with Crippen molar-refractivity contribution in [1.82, 2.24) is 10.2 Å². The fourth-order valence-electron chi connectivity index (χ4n) is 1.65. The van der Waals surface area contributed by atoms with Crippen LogP contribution in [-0.4, -0.2) is 30.0 Å². The van der Waals surface area contributed by atoms with Gasteiger partial charge in [-0.15, -0.1) is 16.7 Å². The molecule has 2 rings (SSSR count). The van der Waals surface area contributed by atoms with E-state index in [0.29, 0.717) is 17.8 Å². The minimum atomic E-state index is -0.244.